The summed E-state index contributed by atoms with van der Waals surface area (Å²) in [5, 5.41) is 3.64. The van der Waals surface area contributed by atoms with Crippen molar-refractivity contribution in [3.63, 3.8) is 0 Å². The van der Waals surface area contributed by atoms with E-state index in [1.165, 1.54) is 12.8 Å². The third-order valence-electron chi connectivity index (χ3n) is 5.86. The first kappa shape index (κ1) is 20.9. The van der Waals surface area contributed by atoms with Gasteiger partial charge in [0.15, 0.2) is 6.10 Å². The molecule has 7 heteroatoms. The van der Waals surface area contributed by atoms with Gasteiger partial charge in [-0.25, -0.2) is 0 Å². The smallest absolute Gasteiger partial charge is 0.267 e. The maximum atomic E-state index is 12.7. The molecule has 1 N–H and O–H groups in total. The lowest BCUT2D eigenvalue weighted by molar-refractivity contribution is -0.132. The van der Waals surface area contributed by atoms with E-state index in [1.54, 1.807) is 11.8 Å². The van der Waals surface area contributed by atoms with Gasteiger partial charge in [0.1, 0.15) is 5.75 Å². The lowest BCUT2D eigenvalue weighted by atomic mass is 10.0. The predicted octanol–water partition coefficient (Wildman–Crippen LogP) is 2.60. The number of hydrogen-bond donors (Lipinski definition) is 1. The van der Waals surface area contributed by atoms with E-state index in [9.17, 15) is 9.59 Å². The number of amides is 2. The molecule has 0 spiro atoms. The van der Waals surface area contributed by atoms with Gasteiger partial charge >= 0.3 is 0 Å². The van der Waals surface area contributed by atoms with Gasteiger partial charge in [0, 0.05) is 32.1 Å². The molecule has 1 atom stereocenters. The molecule has 2 fully saturated rings. The van der Waals surface area contributed by atoms with Crippen molar-refractivity contribution in [3.8, 4) is 5.75 Å². The molecule has 1 aromatic rings. The number of rotatable bonds is 6. The quantitative estimate of drug-likeness (QED) is 0.787. The summed E-state index contributed by atoms with van der Waals surface area (Å²) in [5.41, 5.74) is 0.761. The van der Waals surface area contributed by atoms with Crippen molar-refractivity contribution >= 4 is 29.9 Å². The summed E-state index contributed by atoms with van der Waals surface area (Å²) in [6.07, 6.45) is 4.62. The molecule has 1 aliphatic carbocycles. The van der Waals surface area contributed by atoms with Crippen LogP contribution in [0.4, 0.5) is 5.69 Å². The van der Waals surface area contributed by atoms with E-state index in [4.69, 9.17) is 4.74 Å². The Morgan fingerprint density at radius 2 is 1.89 bits per heavy atom. The number of piperidine rings is 1. The van der Waals surface area contributed by atoms with Crippen LogP contribution in [-0.4, -0.2) is 55.0 Å². The fraction of sp³-hybridized carbons (Fsp3) is 0.619. The summed E-state index contributed by atoms with van der Waals surface area (Å²) in [4.78, 5) is 28.8. The number of nitrogens with one attached hydrogen (secondary N) is 1. The maximum Gasteiger partial charge on any atom is 0.267 e. The number of carbonyl (C=O) groups excluding carboxylic acids is 2. The lowest BCUT2D eigenvalue weighted by Crippen LogP contribution is -2.48. The number of ether oxygens (including phenoxy) is 1. The van der Waals surface area contributed by atoms with Crippen molar-refractivity contribution in [2.45, 2.75) is 51.2 Å². The molecule has 2 heterocycles. The third-order valence-corrected chi connectivity index (χ3v) is 5.86. The Hall–Kier alpha value is -1.79. The minimum absolute atomic E-state index is 0. The van der Waals surface area contributed by atoms with Gasteiger partial charge < -0.3 is 19.9 Å². The predicted molar refractivity (Wildman–Crippen MR) is 111 cm³/mol. The zero-order valence-corrected chi connectivity index (χ0v) is 17.2. The monoisotopic (exact) mass is 407 g/mol. The van der Waals surface area contributed by atoms with E-state index in [0.717, 1.165) is 44.1 Å². The zero-order valence-electron chi connectivity index (χ0n) is 16.4. The van der Waals surface area contributed by atoms with Crippen LogP contribution >= 0.6 is 12.4 Å². The second kappa shape index (κ2) is 9.14. The molecule has 3 aliphatic rings. The summed E-state index contributed by atoms with van der Waals surface area (Å²) >= 11 is 0. The summed E-state index contributed by atoms with van der Waals surface area (Å²) in [6, 6.07) is 8.07. The molecule has 4 rings (SSSR count). The molecule has 1 unspecified atom stereocenters. The summed E-state index contributed by atoms with van der Waals surface area (Å²) in [5.74, 6) is 1.66. The molecule has 2 aliphatic heterocycles. The molecule has 0 radical (unpaired) electrons. The Morgan fingerprint density at radius 1 is 1.18 bits per heavy atom. The average Bonchev–Trinajstić information content (AvgIpc) is 3.51. The van der Waals surface area contributed by atoms with Gasteiger partial charge in [-0.3, -0.25) is 9.59 Å². The first-order chi connectivity index (χ1) is 13.1. The average molecular weight is 408 g/mol. The molecule has 154 valence electrons. The van der Waals surface area contributed by atoms with Crippen molar-refractivity contribution in [1.82, 2.24) is 10.2 Å². The normalized spacial score (nSPS) is 22.3. The van der Waals surface area contributed by atoms with Crippen molar-refractivity contribution in [3.05, 3.63) is 24.3 Å². The van der Waals surface area contributed by atoms with Gasteiger partial charge in [-0.1, -0.05) is 12.1 Å². The summed E-state index contributed by atoms with van der Waals surface area (Å²) in [7, 11) is 0. The van der Waals surface area contributed by atoms with Crippen molar-refractivity contribution in [2.24, 2.45) is 5.92 Å². The Bertz CT molecular complexity index is 702. The van der Waals surface area contributed by atoms with Crippen LogP contribution in [0.3, 0.4) is 0 Å². The zero-order chi connectivity index (χ0) is 18.8. The van der Waals surface area contributed by atoms with E-state index in [-0.39, 0.29) is 24.2 Å². The van der Waals surface area contributed by atoms with Crippen LogP contribution in [-0.2, 0) is 9.59 Å². The second-order valence-electron chi connectivity index (χ2n) is 7.97. The van der Waals surface area contributed by atoms with E-state index in [1.807, 2.05) is 29.2 Å². The van der Waals surface area contributed by atoms with Crippen LogP contribution in [0.5, 0.6) is 5.75 Å². The third kappa shape index (κ3) is 4.78. The number of likely N-dealkylation sites (tertiary alicyclic amines) is 1. The first-order valence-electron chi connectivity index (χ1n) is 10.2. The number of carbonyl (C=O) groups is 2. The number of benzene rings is 1. The van der Waals surface area contributed by atoms with Crippen LogP contribution in [0.15, 0.2) is 24.3 Å². The number of anilines is 1. The number of nitrogens with zero attached hydrogens (tertiary/aromatic N) is 2. The number of hydrogen-bond acceptors (Lipinski definition) is 4. The number of halogens is 1. The summed E-state index contributed by atoms with van der Waals surface area (Å²) < 4.78 is 5.66. The highest BCUT2D eigenvalue weighted by Crippen LogP contribution is 2.33. The fourth-order valence-corrected chi connectivity index (χ4v) is 3.94. The van der Waals surface area contributed by atoms with Gasteiger partial charge in [-0.15, -0.1) is 12.4 Å². The van der Waals surface area contributed by atoms with Gasteiger partial charge in [0.25, 0.3) is 5.91 Å². The van der Waals surface area contributed by atoms with Gasteiger partial charge in [-0.2, -0.15) is 0 Å². The lowest BCUT2D eigenvalue weighted by Gasteiger charge is -2.35. The van der Waals surface area contributed by atoms with Crippen LogP contribution < -0.4 is 15.0 Å². The van der Waals surface area contributed by atoms with Gasteiger partial charge in [0.05, 0.1) is 5.69 Å². The molecule has 6 nitrogen and oxygen atoms in total. The number of para-hydroxylation sites is 2. The van der Waals surface area contributed by atoms with E-state index >= 15 is 0 Å². The fourth-order valence-electron chi connectivity index (χ4n) is 3.94. The second-order valence-corrected chi connectivity index (χ2v) is 7.97. The topological polar surface area (TPSA) is 61.9 Å². The Labute approximate surface area is 173 Å². The first-order valence-corrected chi connectivity index (χ1v) is 10.2. The highest BCUT2D eigenvalue weighted by atomic mass is 35.5. The molecule has 0 bridgehead atoms. The molecule has 2 amide bonds. The van der Waals surface area contributed by atoms with Crippen LogP contribution in [0.25, 0.3) is 0 Å². The Morgan fingerprint density at radius 3 is 2.61 bits per heavy atom. The van der Waals surface area contributed by atoms with Crippen molar-refractivity contribution < 1.29 is 14.3 Å². The van der Waals surface area contributed by atoms with E-state index in [2.05, 4.69) is 5.32 Å². The van der Waals surface area contributed by atoms with E-state index in [0.29, 0.717) is 24.8 Å². The van der Waals surface area contributed by atoms with E-state index < -0.39 is 6.10 Å². The summed E-state index contributed by atoms with van der Waals surface area (Å²) in [6.45, 7) is 4.92. The minimum Gasteiger partial charge on any atom is -0.479 e. The van der Waals surface area contributed by atoms with Gasteiger partial charge in [0.2, 0.25) is 5.91 Å². The Balaban J connectivity index is 0.00000225. The highest BCUT2D eigenvalue weighted by Gasteiger charge is 2.32. The molecule has 1 aromatic carbocycles. The van der Waals surface area contributed by atoms with Crippen LogP contribution in [0.1, 0.15) is 39.0 Å². The van der Waals surface area contributed by atoms with Crippen LogP contribution in [0.2, 0.25) is 0 Å². The Kier molecular flexibility index (Phi) is 6.83. The SMILES string of the molecule is CC1Oc2ccccc2N(CCC(=O)N2CCC(NCC3CC3)CC2)C1=O.Cl. The maximum absolute atomic E-state index is 12.7. The molecular formula is C21H30ClN3O3. The van der Waals surface area contributed by atoms with Crippen molar-refractivity contribution in [1.29, 1.82) is 0 Å². The van der Waals surface area contributed by atoms with Crippen LogP contribution in [0, 0.1) is 5.92 Å². The van der Waals surface area contributed by atoms with Gasteiger partial charge in [-0.05, 0) is 57.2 Å². The largest absolute Gasteiger partial charge is 0.479 e. The molecular weight excluding hydrogens is 378 g/mol. The molecule has 0 aromatic heterocycles. The number of fused-ring (bicyclic) bond motifs is 1. The molecule has 1 saturated heterocycles. The van der Waals surface area contributed by atoms with Crippen molar-refractivity contribution in [2.75, 3.05) is 31.1 Å². The standard InChI is InChI=1S/C21H29N3O3.ClH/c1-15-21(26)24(18-4-2-3-5-19(18)27-15)13-10-20(25)23-11-8-17(9-12-23)22-14-16-6-7-16;/h2-5,15-17,22H,6-14H2,1H3;1H. The highest BCUT2D eigenvalue weighted by molar-refractivity contribution is 6.00. The molecule has 1 saturated carbocycles. The molecule has 28 heavy (non-hydrogen) atoms. The minimum atomic E-state index is -0.511.